The number of rotatable bonds is 6. The summed E-state index contributed by atoms with van der Waals surface area (Å²) in [6.07, 6.45) is 0. The lowest BCUT2D eigenvalue weighted by Crippen LogP contribution is -2.21. The molecule has 6 heteroatoms. The third-order valence-electron chi connectivity index (χ3n) is 2.96. The number of carbonyl (C=O) groups is 2. The Morgan fingerprint density at radius 2 is 1.83 bits per heavy atom. The second-order valence-electron chi connectivity index (χ2n) is 4.71. The first-order valence-corrected chi connectivity index (χ1v) is 7.15. The number of nitrogens with one attached hydrogen (secondary N) is 2. The van der Waals surface area contributed by atoms with Crippen molar-refractivity contribution < 1.29 is 18.7 Å². The van der Waals surface area contributed by atoms with Crippen molar-refractivity contribution in [1.29, 1.82) is 0 Å². The smallest absolute Gasteiger partial charge is 0.338 e. The van der Waals surface area contributed by atoms with Crippen molar-refractivity contribution in [2.24, 2.45) is 0 Å². The van der Waals surface area contributed by atoms with E-state index in [-0.39, 0.29) is 18.3 Å². The van der Waals surface area contributed by atoms with Crippen LogP contribution in [-0.4, -0.2) is 25.0 Å². The number of anilines is 2. The van der Waals surface area contributed by atoms with E-state index < -0.39 is 5.97 Å². The Balaban J connectivity index is 1.86. The molecule has 0 radical (unpaired) electrons. The Bertz CT molecular complexity index is 686. The zero-order valence-corrected chi connectivity index (χ0v) is 12.6. The molecule has 2 aromatic rings. The van der Waals surface area contributed by atoms with Crippen LogP contribution in [0.1, 0.15) is 17.3 Å². The maximum absolute atomic E-state index is 13.0. The summed E-state index contributed by atoms with van der Waals surface area (Å²) >= 11 is 0. The van der Waals surface area contributed by atoms with Crippen LogP contribution in [0.25, 0.3) is 0 Å². The van der Waals surface area contributed by atoms with Crippen LogP contribution in [0.4, 0.5) is 15.8 Å². The van der Waals surface area contributed by atoms with Crippen molar-refractivity contribution >= 4 is 23.3 Å². The quantitative estimate of drug-likeness (QED) is 0.804. The SMILES string of the molecule is CCOC(=O)c1ccc(NC(=O)CNc2cccc(F)c2)cc1. The minimum Gasteiger partial charge on any atom is -0.462 e. The Morgan fingerprint density at radius 3 is 2.48 bits per heavy atom. The largest absolute Gasteiger partial charge is 0.462 e. The van der Waals surface area contributed by atoms with Crippen LogP contribution in [0, 0.1) is 5.82 Å². The van der Waals surface area contributed by atoms with Crippen LogP contribution in [-0.2, 0) is 9.53 Å². The van der Waals surface area contributed by atoms with Crippen LogP contribution in [0.5, 0.6) is 0 Å². The van der Waals surface area contributed by atoms with Crippen molar-refractivity contribution in [3.05, 3.63) is 59.9 Å². The van der Waals surface area contributed by atoms with Gasteiger partial charge in [-0.2, -0.15) is 0 Å². The van der Waals surface area contributed by atoms with Crippen LogP contribution in [0.15, 0.2) is 48.5 Å². The summed E-state index contributed by atoms with van der Waals surface area (Å²) in [4.78, 5) is 23.3. The minimum absolute atomic E-state index is 0.00306. The first-order chi connectivity index (χ1) is 11.1. The van der Waals surface area contributed by atoms with Crippen molar-refractivity contribution in [3.8, 4) is 0 Å². The van der Waals surface area contributed by atoms with E-state index in [1.54, 1.807) is 43.3 Å². The molecule has 0 bridgehead atoms. The van der Waals surface area contributed by atoms with Gasteiger partial charge in [-0.1, -0.05) is 6.07 Å². The maximum atomic E-state index is 13.0. The monoisotopic (exact) mass is 316 g/mol. The minimum atomic E-state index is -0.404. The zero-order valence-electron chi connectivity index (χ0n) is 12.6. The maximum Gasteiger partial charge on any atom is 0.338 e. The lowest BCUT2D eigenvalue weighted by Gasteiger charge is -2.08. The summed E-state index contributed by atoms with van der Waals surface area (Å²) in [5.74, 6) is -1.05. The van der Waals surface area contributed by atoms with Gasteiger partial charge in [-0.25, -0.2) is 9.18 Å². The van der Waals surface area contributed by atoms with E-state index in [0.717, 1.165) is 0 Å². The fraction of sp³-hybridized carbons (Fsp3) is 0.176. The third-order valence-corrected chi connectivity index (χ3v) is 2.96. The Hall–Kier alpha value is -2.89. The van der Waals surface area contributed by atoms with E-state index in [2.05, 4.69) is 10.6 Å². The molecule has 120 valence electrons. The molecule has 2 N–H and O–H groups in total. The Morgan fingerprint density at radius 1 is 1.09 bits per heavy atom. The predicted octanol–water partition coefficient (Wildman–Crippen LogP) is 3.05. The van der Waals surface area contributed by atoms with E-state index >= 15 is 0 Å². The van der Waals surface area contributed by atoms with E-state index in [9.17, 15) is 14.0 Å². The predicted molar refractivity (Wildman–Crippen MR) is 85.9 cm³/mol. The molecule has 0 heterocycles. The Kier molecular flexibility index (Phi) is 5.68. The Labute approximate surface area is 133 Å². The molecule has 0 unspecified atom stereocenters. The fourth-order valence-electron chi connectivity index (χ4n) is 1.89. The van der Waals surface area contributed by atoms with Gasteiger partial charge in [0.15, 0.2) is 0 Å². The van der Waals surface area contributed by atoms with E-state index in [4.69, 9.17) is 4.74 Å². The lowest BCUT2D eigenvalue weighted by molar-refractivity contribution is -0.114. The molecule has 0 atom stereocenters. The molecule has 23 heavy (non-hydrogen) atoms. The van der Waals surface area contributed by atoms with E-state index in [1.165, 1.54) is 12.1 Å². The standard InChI is InChI=1S/C17H17FN2O3/c1-2-23-17(22)12-6-8-14(9-7-12)20-16(21)11-19-15-5-3-4-13(18)10-15/h3-10,19H,2,11H2,1H3,(H,20,21). The molecule has 0 aliphatic heterocycles. The van der Waals surface area contributed by atoms with Crippen molar-refractivity contribution in [3.63, 3.8) is 0 Å². The molecule has 2 rings (SSSR count). The van der Waals surface area contributed by atoms with Gasteiger partial charge >= 0.3 is 5.97 Å². The highest BCUT2D eigenvalue weighted by Gasteiger charge is 2.07. The lowest BCUT2D eigenvalue weighted by atomic mass is 10.2. The molecule has 0 fully saturated rings. The molecule has 1 amide bonds. The molecule has 0 aromatic heterocycles. The normalized spacial score (nSPS) is 10.0. The number of benzene rings is 2. The second kappa shape index (κ2) is 7.93. The first kappa shape index (κ1) is 16.5. The van der Waals surface area contributed by atoms with Crippen LogP contribution in [0.2, 0.25) is 0 Å². The summed E-state index contributed by atoms with van der Waals surface area (Å²) < 4.78 is 17.9. The topological polar surface area (TPSA) is 67.4 Å². The summed E-state index contributed by atoms with van der Waals surface area (Å²) in [5.41, 5.74) is 1.50. The second-order valence-corrected chi connectivity index (χ2v) is 4.71. The highest BCUT2D eigenvalue weighted by atomic mass is 19.1. The summed E-state index contributed by atoms with van der Waals surface area (Å²) in [7, 11) is 0. The van der Waals surface area contributed by atoms with Gasteiger partial charge in [0.25, 0.3) is 0 Å². The molecule has 0 saturated carbocycles. The molecule has 2 aromatic carbocycles. The number of amides is 1. The van der Waals surface area contributed by atoms with E-state index in [0.29, 0.717) is 23.5 Å². The van der Waals surface area contributed by atoms with Crippen LogP contribution >= 0.6 is 0 Å². The van der Waals surface area contributed by atoms with E-state index in [1.807, 2.05) is 0 Å². The zero-order chi connectivity index (χ0) is 16.7. The molecule has 0 spiro atoms. The van der Waals surface area contributed by atoms with Gasteiger partial charge in [-0.15, -0.1) is 0 Å². The van der Waals surface area contributed by atoms with Gasteiger partial charge in [0.05, 0.1) is 18.7 Å². The summed E-state index contributed by atoms with van der Waals surface area (Å²) in [6, 6.07) is 12.3. The van der Waals surface area contributed by atoms with Crippen LogP contribution in [0.3, 0.4) is 0 Å². The molecule has 0 aliphatic carbocycles. The number of ether oxygens (including phenoxy) is 1. The number of esters is 1. The summed E-state index contributed by atoms with van der Waals surface area (Å²) in [6.45, 7) is 2.05. The molecular weight excluding hydrogens is 299 g/mol. The first-order valence-electron chi connectivity index (χ1n) is 7.15. The highest BCUT2D eigenvalue weighted by Crippen LogP contribution is 2.11. The van der Waals surface area contributed by atoms with Gasteiger partial charge in [-0.3, -0.25) is 4.79 Å². The van der Waals surface area contributed by atoms with Gasteiger partial charge in [0.2, 0.25) is 5.91 Å². The van der Waals surface area contributed by atoms with Crippen LogP contribution < -0.4 is 10.6 Å². The van der Waals surface area contributed by atoms with Gasteiger partial charge < -0.3 is 15.4 Å². The molecule has 0 aliphatic rings. The van der Waals surface area contributed by atoms with Crippen molar-refractivity contribution in [1.82, 2.24) is 0 Å². The molecule has 0 saturated heterocycles. The average Bonchev–Trinajstić information content (AvgIpc) is 2.54. The number of halogens is 1. The highest BCUT2D eigenvalue weighted by molar-refractivity contribution is 5.95. The molecule has 5 nitrogen and oxygen atoms in total. The third kappa shape index (κ3) is 5.10. The number of carbonyl (C=O) groups excluding carboxylic acids is 2. The van der Waals surface area contributed by atoms with Crippen molar-refractivity contribution in [2.45, 2.75) is 6.92 Å². The average molecular weight is 316 g/mol. The fourth-order valence-corrected chi connectivity index (χ4v) is 1.89. The number of hydrogen-bond acceptors (Lipinski definition) is 4. The van der Waals surface area contributed by atoms with Gasteiger partial charge in [-0.05, 0) is 49.4 Å². The summed E-state index contributed by atoms with van der Waals surface area (Å²) in [5, 5.41) is 5.50. The number of hydrogen-bond donors (Lipinski definition) is 2. The van der Waals surface area contributed by atoms with Crippen molar-refractivity contribution in [2.75, 3.05) is 23.8 Å². The molecular formula is C17H17FN2O3. The van der Waals surface area contributed by atoms with Gasteiger partial charge in [0.1, 0.15) is 5.82 Å². The van der Waals surface area contributed by atoms with Gasteiger partial charge in [0, 0.05) is 11.4 Å².